The largest absolute Gasteiger partial charge is 0.453 e. The second kappa shape index (κ2) is 7.19. The maximum absolute atomic E-state index is 12.7. The topological polar surface area (TPSA) is 87.7 Å². The third-order valence-corrected chi connectivity index (χ3v) is 5.15. The first-order chi connectivity index (χ1) is 12.5. The molecule has 2 aliphatic rings. The van der Waals surface area contributed by atoms with Gasteiger partial charge in [0.05, 0.1) is 7.11 Å². The third-order valence-electron chi connectivity index (χ3n) is 5.15. The van der Waals surface area contributed by atoms with E-state index in [1.807, 2.05) is 37.3 Å². The molecule has 0 radical (unpaired) electrons. The third kappa shape index (κ3) is 3.29. The molecular weight excluding hydrogens is 334 g/mol. The summed E-state index contributed by atoms with van der Waals surface area (Å²) in [4.78, 5) is 38.6. The zero-order valence-corrected chi connectivity index (χ0v) is 15.0. The van der Waals surface area contributed by atoms with E-state index in [1.165, 1.54) is 18.1 Å². The van der Waals surface area contributed by atoms with Crippen LogP contribution in [0.25, 0.3) is 0 Å². The van der Waals surface area contributed by atoms with Crippen LogP contribution in [0.5, 0.6) is 0 Å². The lowest BCUT2D eigenvalue weighted by Gasteiger charge is -2.40. The Hall–Kier alpha value is -2.83. The SMILES string of the molecule is COC(=O)N1CCC2(CC1)C(=O)C=C(NC(C)c1ccccc1)NC2=O. The Labute approximate surface area is 152 Å². The summed E-state index contributed by atoms with van der Waals surface area (Å²) in [7, 11) is 1.32. The summed E-state index contributed by atoms with van der Waals surface area (Å²) >= 11 is 0. The Morgan fingerprint density at radius 1 is 1.23 bits per heavy atom. The normalized spacial score (nSPS) is 20.2. The smallest absolute Gasteiger partial charge is 0.409 e. The molecule has 2 N–H and O–H groups in total. The molecule has 1 unspecified atom stereocenters. The van der Waals surface area contributed by atoms with Crippen LogP contribution in [-0.4, -0.2) is 42.9 Å². The van der Waals surface area contributed by atoms with Crippen molar-refractivity contribution in [2.45, 2.75) is 25.8 Å². The highest BCUT2D eigenvalue weighted by atomic mass is 16.5. The number of allylic oxidation sites excluding steroid dienone is 1. The van der Waals surface area contributed by atoms with E-state index in [-0.39, 0.29) is 17.7 Å². The van der Waals surface area contributed by atoms with Gasteiger partial charge in [-0.2, -0.15) is 0 Å². The highest BCUT2D eigenvalue weighted by Crippen LogP contribution is 2.36. The lowest BCUT2D eigenvalue weighted by Crippen LogP contribution is -2.57. The highest BCUT2D eigenvalue weighted by molar-refractivity contribution is 6.14. The van der Waals surface area contributed by atoms with Crippen LogP contribution in [0.4, 0.5) is 4.79 Å². The molecule has 1 aromatic rings. The molecule has 138 valence electrons. The molecule has 0 aliphatic carbocycles. The fraction of sp³-hybridized carbons (Fsp3) is 0.421. The minimum atomic E-state index is -1.09. The number of hydrogen-bond acceptors (Lipinski definition) is 5. The minimum Gasteiger partial charge on any atom is -0.453 e. The van der Waals surface area contributed by atoms with Crippen LogP contribution in [0.3, 0.4) is 0 Å². The summed E-state index contributed by atoms with van der Waals surface area (Å²) in [6.07, 6.45) is 1.63. The van der Waals surface area contributed by atoms with Gasteiger partial charge in [-0.1, -0.05) is 30.3 Å². The summed E-state index contributed by atoms with van der Waals surface area (Å²) in [5.41, 5.74) is -0.0344. The first-order valence-electron chi connectivity index (χ1n) is 8.68. The van der Waals surface area contributed by atoms with E-state index in [9.17, 15) is 14.4 Å². The average molecular weight is 357 g/mol. The van der Waals surface area contributed by atoms with Gasteiger partial charge in [-0.05, 0) is 25.3 Å². The number of nitrogens with zero attached hydrogens (tertiary/aromatic N) is 1. The summed E-state index contributed by atoms with van der Waals surface area (Å²) in [5, 5.41) is 6.00. The van der Waals surface area contributed by atoms with Gasteiger partial charge in [-0.3, -0.25) is 9.59 Å². The lowest BCUT2D eigenvalue weighted by molar-refractivity contribution is -0.143. The number of benzene rings is 1. The van der Waals surface area contributed by atoms with Crippen molar-refractivity contribution < 1.29 is 19.1 Å². The van der Waals surface area contributed by atoms with Crippen molar-refractivity contribution >= 4 is 17.8 Å². The van der Waals surface area contributed by atoms with Gasteiger partial charge in [-0.25, -0.2) is 4.79 Å². The van der Waals surface area contributed by atoms with E-state index in [4.69, 9.17) is 4.74 Å². The van der Waals surface area contributed by atoms with E-state index in [2.05, 4.69) is 10.6 Å². The van der Waals surface area contributed by atoms with Gasteiger partial charge in [0.1, 0.15) is 11.2 Å². The number of piperidine rings is 1. The molecule has 3 rings (SSSR count). The monoisotopic (exact) mass is 357 g/mol. The Bertz CT molecular complexity index is 736. The van der Waals surface area contributed by atoms with Crippen LogP contribution >= 0.6 is 0 Å². The summed E-state index contributed by atoms with van der Waals surface area (Å²) in [6.45, 7) is 2.61. The Morgan fingerprint density at radius 3 is 2.46 bits per heavy atom. The van der Waals surface area contributed by atoms with Crippen molar-refractivity contribution in [1.29, 1.82) is 0 Å². The molecule has 7 heteroatoms. The number of ether oxygens (including phenoxy) is 1. The molecule has 1 saturated heterocycles. The minimum absolute atomic E-state index is 0.0502. The van der Waals surface area contributed by atoms with E-state index in [0.29, 0.717) is 31.8 Å². The zero-order valence-electron chi connectivity index (χ0n) is 15.0. The zero-order chi connectivity index (χ0) is 18.7. The Kier molecular flexibility index (Phi) is 4.97. The van der Waals surface area contributed by atoms with Crippen LogP contribution < -0.4 is 10.6 Å². The van der Waals surface area contributed by atoms with Gasteiger partial charge in [0.2, 0.25) is 5.91 Å². The lowest BCUT2D eigenvalue weighted by atomic mass is 9.72. The van der Waals surface area contributed by atoms with Gasteiger partial charge in [0, 0.05) is 25.2 Å². The average Bonchev–Trinajstić information content (AvgIpc) is 2.66. The number of carbonyl (C=O) groups is 3. The predicted molar refractivity (Wildman–Crippen MR) is 94.9 cm³/mol. The van der Waals surface area contributed by atoms with Gasteiger partial charge in [0.25, 0.3) is 0 Å². The second-order valence-corrected chi connectivity index (χ2v) is 6.69. The maximum atomic E-state index is 12.7. The highest BCUT2D eigenvalue weighted by Gasteiger charge is 2.49. The van der Waals surface area contributed by atoms with E-state index < -0.39 is 11.5 Å². The van der Waals surface area contributed by atoms with Crippen LogP contribution in [0.1, 0.15) is 31.4 Å². The molecule has 2 heterocycles. The number of likely N-dealkylation sites (tertiary alicyclic amines) is 1. The Morgan fingerprint density at radius 2 is 1.88 bits per heavy atom. The van der Waals surface area contributed by atoms with Crippen molar-refractivity contribution in [1.82, 2.24) is 15.5 Å². The van der Waals surface area contributed by atoms with Crippen molar-refractivity contribution in [2.24, 2.45) is 5.41 Å². The molecule has 0 aromatic heterocycles. The summed E-state index contributed by atoms with van der Waals surface area (Å²) < 4.78 is 4.70. The first kappa shape index (κ1) is 18.0. The van der Waals surface area contributed by atoms with E-state index >= 15 is 0 Å². The van der Waals surface area contributed by atoms with Gasteiger partial charge in [-0.15, -0.1) is 0 Å². The van der Waals surface area contributed by atoms with Crippen LogP contribution in [0.2, 0.25) is 0 Å². The molecule has 1 fully saturated rings. The van der Waals surface area contributed by atoms with Crippen molar-refractivity contribution in [3.63, 3.8) is 0 Å². The molecule has 7 nitrogen and oxygen atoms in total. The number of nitrogens with one attached hydrogen (secondary N) is 2. The summed E-state index contributed by atoms with van der Waals surface area (Å²) in [6, 6.07) is 9.73. The molecule has 1 aromatic carbocycles. The second-order valence-electron chi connectivity index (χ2n) is 6.69. The van der Waals surface area contributed by atoms with E-state index in [0.717, 1.165) is 5.56 Å². The maximum Gasteiger partial charge on any atom is 0.409 e. The molecule has 2 aliphatic heterocycles. The fourth-order valence-electron chi connectivity index (χ4n) is 3.47. The molecular formula is C19H23N3O4. The van der Waals surface area contributed by atoms with Crippen molar-refractivity contribution in [3.05, 3.63) is 47.8 Å². The number of rotatable bonds is 3. The van der Waals surface area contributed by atoms with Crippen molar-refractivity contribution in [3.8, 4) is 0 Å². The number of hydrogen-bond donors (Lipinski definition) is 2. The molecule has 0 saturated carbocycles. The number of methoxy groups -OCH3 is 1. The predicted octanol–water partition coefficient (Wildman–Crippen LogP) is 1.73. The number of amides is 2. The van der Waals surface area contributed by atoms with Gasteiger partial charge in [0.15, 0.2) is 5.78 Å². The molecule has 26 heavy (non-hydrogen) atoms. The molecule has 1 atom stereocenters. The Balaban J connectivity index is 1.70. The fourth-order valence-corrected chi connectivity index (χ4v) is 3.47. The number of carbonyl (C=O) groups excluding carboxylic acids is 3. The van der Waals surface area contributed by atoms with Crippen LogP contribution in [0, 0.1) is 5.41 Å². The van der Waals surface area contributed by atoms with Crippen LogP contribution in [-0.2, 0) is 14.3 Å². The molecule has 2 amide bonds. The van der Waals surface area contributed by atoms with Crippen LogP contribution in [0.15, 0.2) is 42.2 Å². The molecule has 1 spiro atoms. The van der Waals surface area contributed by atoms with Gasteiger partial charge >= 0.3 is 6.09 Å². The summed E-state index contributed by atoms with van der Waals surface area (Å²) in [5.74, 6) is -0.108. The first-order valence-corrected chi connectivity index (χ1v) is 8.68. The van der Waals surface area contributed by atoms with Gasteiger partial charge < -0.3 is 20.3 Å². The standard InChI is InChI=1S/C19H23N3O4/c1-13(14-6-4-3-5-7-14)20-16-12-15(23)19(17(24)21-16)8-10-22(11-9-19)18(25)26-2/h3-7,12-13,20H,8-11H2,1-2H3,(H,21,24). The molecule has 0 bridgehead atoms. The van der Waals surface area contributed by atoms with E-state index in [1.54, 1.807) is 0 Å². The quantitative estimate of drug-likeness (QED) is 0.805. The van der Waals surface area contributed by atoms with Crippen molar-refractivity contribution in [2.75, 3.05) is 20.2 Å². The number of ketones is 1.